The van der Waals surface area contributed by atoms with Gasteiger partial charge in [0.25, 0.3) is 0 Å². The minimum atomic E-state index is -3.91. The van der Waals surface area contributed by atoms with Crippen LogP contribution in [0.1, 0.15) is 17.0 Å². The predicted octanol–water partition coefficient (Wildman–Crippen LogP) is 2.77. The molecule has 0 spiro atoms. The molecule has 1 aliphatic rings. The maximum absolute atomic E-state index is 12.9. The van der Waals surface area contributed by atoms with Gasteiger partial charge in [-0.15, -0.1) is 0 Å². The van der Waals surface area contributed by atoms with Gasteiger partial charge in [-0.3, -0.25) is 9.79 Å². The molecule has 1 unspecified atom stereocenters. The molecule has 0 fully saturated rings. The van der Waals surface area contributed by atoms with Crippen molar-refractivity contribution < 1.29 is 13.2 Å². The van der Waals surface area contributed by atoms with E-state index in [4.69, 9.17) is 15.9 Å². The zero-order chi connectivity index (χ0) is 20.6. The van der Waals surface area contributed by atoms with Crippen molar-refractivity contribution in [1.82, 2.24) is 0 Å². The second-order valence-electron chi connectivity index (χ2n) is 6.67. The number of rotatable bonds is 4. The number of hydrogen-bond donors (Lipinski definition) is 3. The van der Waals surface area contributed by atoms with Crippen molar-refractivity contribution in [3.8, 4) is 0 Å². The second-order valence-corrected chi connectivity index (χ2v) is 8.23. The summed E-state index contributed by atoms with van der Waals surface area (Å²) in [5, 5.41) is 8.08. The number of aliphatic imine (C=N–C) groups is 1. The van der Waals surface area contributed by atoms with Gasteiger partial charge in [0.15, 0.2) is 0 Å². The van der Waals surface area contributed by atoms with Gasteiger partial charge in [0.1, 0.15) is 5.92 Å². The monoisotopic (exact) mass is 406 g/mol. The summed E-state index contributed by atoms with van der Waals surface area (Å²) in [6.45, 7) is 0. The number of nitrogens with one attached hydrogen (secondary N) is 1. The van der Waals surface area contributed by atoms with Crippen LogP contribution < -0.4 is 16.2 Å². The Bertz CT molecular complexity index is 1220. The standard InChI is InChI=1S/C21H18N4O3S/c22-14-6-8-15(9-7-14)24-20(13-4-2-1-3-5-13)19-17-12-16(29(23,27)28)10-11-18(17)25-21(19)26/h1-12,19H,22H2,(H,25,26)(H2,23,27,28). The average Bonchev–Trinajstić information content (AvgIpc) is 3.02. The van der Waals surface area contributed by atoms with Crippen LogP contribution >= 0.6 is 0 Å². The van der Waals surface area contributed by atoms with Gasteiger partial charge in [-0.05, 0) is 53.6 Å². The van der Waals surface area contributed by atoms with Crippen molar-refractivity contribution in [3.05, 3.63) is 83.9 Å². The lowest BCUT2D eigenvalue weighted by Gasteiger charge is -2.14. The maximum Gasteiger partial charge on any atom is 0.238 e. The molecule has 3 aromatic rings. The Hall–Kier alpha value is -3.49. The van der Waals surface area contributed by atoms with Crippen LogP contribution in [0.3, 0.4) is 0 Å². The average molecular weight is 406 g/mol. The molecule has 0 aromatic heterocycles. The van der Waals surface area contributed by atoms with Gasteiger partial charge < -0.3 is 11.1 Å². The first-order valence-corrected chi connectivity index (χ1v) is 10.3. The van der Waals surface area contributed by atoms with Gasteiger partial charge in [0, 0.05) is 11.4 Å². The van der Waals surface area contributed by atoms with Crippen LogP contribution in [-0.4, -0.2) is 20.0 Å². The molecule has 8 heteroatoms. The smallest absolute Gasteiger partial charge is 0.238 e. The normalized spacial score (nSPS) is 16.4. The Balaban J connectivity index is 1.90. The number of carbonyl (C=O) groups excluding carboxylic acids is 1. The lowest BCUT2D eigenvalue weighted by Crippen LogP contribution is -2.22. The molecule has 0 saturated heterocycles. The first kappa shape index (κ1) is 18.9. The minimum absolute atomic E-state index is 0.0577. The number of nitrogens with zero attached hydrogens (tertiary/aromatic N) is 1. The Morgan fingerprint density at radius 2 is 1.66 bits per heavy atom. The molecule has 146 valence electrons. The highest BCUT2D eigenvalue weighted by molar-refractivity contribution is 7.89. The number of anilines is 2. The van der Waals surface area contributed by atoms with Crippen molar-refractivity contribution >= 4 is 38.7 Å². The Morgan fingerprint density at radius 3 is 2.31 bits per heavy atom. The molecule has 0 bridgehead atoms. The maximum atomic E-state index is 12.9. The molecule has 3 aromatic carbocycles. The number of nitrogen functional groups attached to an aromatic ring is 1. The van der Waals surface area contributed by atoms with Crippen molar-refractivity contribution in [2.45, 2.75) is 10.8 Å². The van der Waals surface area contributed by atoms with E-state index in [0.29, 0.717) is 28.3 Å². The first-order valence-electron chi connectivity index (χ1n) is 8.80. The van der Waals surface area contributed by atoms with E-state index in [9.17, 15) is 13.2 Å². The topological polar surface area (TPSA) is 128 Å². The number of primary sulfonamides is 1. The Labute approximate surface area is 168 Å². The fraction of sp³-hybridized carbons (Fsp3) is 0.0476. The van der Waals surface area contributed by atoms with Crippen LogP contribution in [0.2, 0.25) is 0 Å². The molecule has 0 aliphatic carbocycles. The number of sulfonamides is 1. The van der Waals surface area contributed by atoms with Crippen LogP contribution in [0.5, 0.6) is 0 Å². The van der Waals surface area contributed by atoms with E-state index in [2.05, 4.69) is 5.32 Å². The molecule has 4 rings (SSSR count). The number of fused-ring (bicyclic) bond motifs is 1. The van der Waals surface area contributed by atoms with Gasteiger partial charge in [-0.1, -0.05) is 30.3 Å². The predicted molar refractivity (Wildman–Crippen MR) is 113 cm³/mol. The van der Waals surface area contributed by atoms with Gasteiger partial charge in [0.2, 0.25) is 15.9 Å². The van der Waals surface area contributed by atoms with Gasteiger partial charge in [0.05, 0.1) is 16.3 Å². The van der Waals surface area contributed by atoms with Crippen LogP contribution in [0.4, 0.5) is 17.1 Å². The lowest BCUT2D eigenvalue weighted by atomic mass is 9.90. The fourth-order valence-corrected chi connectivity index (χ4v) is 3.83. The Kier molecular flexibility index (Phi) is 4.65. The summed E-state index contributed by atoms with van der Waals surface area (Å²) in [5.74, 6) is -1.07. The molecule has 0 saturated carbocycles. The molecule has 1 aliphatic heterocycles. The van der Waals surface area contributed by atoms with Crippen molar-refractivity contribution in [3.63, 3.8) is 0 Å². The third kappa shape index (κ3) is 3.75. The number of hydrogen-bond acceptors (Lipinski definition) is 5. The van der Waals surface area contributed by atoms with Gasteiger partial charge >= 0.3 is 0 Å². The van der Waals surface area contributed by atoms with Crippen LogP contribution in [-0.2, 0) is 14.8 Å². The second kappa shape index (κ2) is 7.16. The van der Waals surface area contributed by atoms with Crippen molar-refractivity contribution in [1.29, 1.82) is 0 Å². The highest BCUT2D eigenvalue weighted by atomic mass is 32.2. The molecular formula is C21H18N4O3S. The number of amides is 1. The van der Waals surface area contributed by atoms with Crippen LogP contribution in [0, 0.1) is 0 Å². The van der Waals surface area contributed by atoms with E-state index in [-0.39, 0.29) is 10.8 Å². The molecule has 29 heavy (non-hydrogen) atoms. The van der Waals surface area contributed by atoms with E-state index in [1.54, 1.807) is 30.3 Å². The zero-order valence-electron chi connectivity index (χ0n) is 15.2. The first-order chi connectivity index (χ1) is 13.8. The summed E-state index contributed by atoms with van der Waals surface area (Å²) in [4.78, 5) is 17.5. The van der Waals surface area contributed by atoms with E-state index in [1.807, 2.05) is 30.3 Å². The number of nitrogens with two attached hydrogens (primary N) is 2. The number of benzene rings is 3. The Morgan fingerprint density at radius 1 is 0.966 bits per heavy atom. The van der Waals surface area contributed by atoms with E-state index >= 15 is 0 Å². The largest absolute Gasteiger partial charge is 0.399 e. The third-order valence-electron chi connectivity index (χ3n) is 4.67. The molecule has 1 atom stereocenters. The lowest BCUT2D eigenvalue weighted by molar-refractivity contribution is -0.115. The van der Waals surface area contributed by atoms with Gasteiger partial charge in [-0.25, -0.2) is 13.6 Å². The van der Waals surface area contributed by atoms with Crippen molar-refractivity contribution in [2.75, 3.05) is 11.1 Å². The summed E-state index contributed by atoms with van der Waals surface area (Å²) < 4.78 is 23.6. The zero-order valence-corrected chi connectivity index (χ0v) is 16.1. The van der Waals surface area contributed by atoms with Crippen LogP contribution in [0.25, 0.3) is 0 Å². The van der Waals surface area contributed by atoms with Gasteiger partial charge in [-0.2, -0.15) is 0 Å². The molecule has 7 nitrogen and oxygen atoms in total. The summed E-state index contributed by atoms with van der Waals surface area (Å²) in [5.41, 5.74) is 9.28. The fourth-order valence-electron chi connectivity index (χ4n) is 3.28. The van der Waals surface area contributed by atoms with E-state index in [0.717, 1.165) is 5.56 Å². The number of carbonyl (C=O) groups is 1. The molecule has 5 N–H and O–H groups in total. The minimum Gasteiger partial charge on any atom is -0.399 e. The van der Waals surface area contributed by atoms with Crippen LogP contribution in [0.15, 0.2) is 82.7 Å². The molecular weight excluding hydrogens is 388 g/mol. The molecule has 1 amide bonds. The highest BCUT2D eigenvalue weighted by Gasteiger charge is 2.36. The summed E-state index contributed by atoms with van der Waals surface area (Å²) in [6, 6.07) is 20.6. The highest BCUT2D eigenvalue weighted by Crippen LogP contribution is 2.37. The van der Waals surface area contributed by atoms with E-state index < -0.39 is 15.9 Å². The summed E-state index contributed by atoms with van der Waals surface area (Å²) >= 11 is 0. The molecule has 1 heterocycles. The summed E-state index contributed by atoms with van der Waals surface area (Å²) in [6.07, 6.45) is 0. The third-order valence-corrected chi connectivity index (χ3v) is 5.58. The molecule has 0 radical (unpaired) electrons. The van der Waals surface area contributed by atoms with E-state index in [1.165, 1.54) is 12.1 Å². The quantitative estimate of drug-likeness (QED) is 0.455. The summed E-state index contributed by atoms with van der Waals surface area (Å²) in [7, 11) is -3.91. The SMILES string of the molecule is Nc1ccc(N=C(c2ccccc2)C2C(=O)Nc3ccc(S(N)(=O)=O)cc32)cc1. The van der Waals surface area contributed by atoms with Crippen molar-refractivity contribution in [2.24, 2.45) is 10.1 Å².